The van der Waals surface area contributed by atoms with Crippen molar-refractivity contribution in [3.8, 4) is 0 Å². The number of aromatic nitrogens is 3. The van der Waals surface area contributed by atoms with Crippen LogP contribution in [0.4, 0.5) is 0 Å². The van der Waals surface area contributed by atoms with E-state index in [0.717, 1.165) is 5.69 Å². The molecule has 0 unspecified atom stereocenters. The number of nitrogens with zero attached hydrogens (tertiary/aromatic N) is 2. The molecule has 5 heteroatoms. The fraction of sp³-hybridized carbons (Fsp3) is 0.250. The molecule has 2 heterocycles. The first-order valence-corrected chi connectivity index (χ1v) is 3.86. The minimum Gasteiger partial charge on any atom is -0.378 e. The standard InChI is InChI=1S/C8H9N3O2/c1-13-5-6-4-7-8(12)9-2-3-11(7)10-6/h2-4H,5H2,1H3,(H,9,12). The van der Waals surface area contributed by atoms with E-state index in [1.807, 2.05) is 0 Å². The quantitative estimate of drug-likeness (QED) is 0.714. The van der Waals surface area contributed by atoms with Gasteiger partial charge in [-0.2, -0.15) is 5.10 Å². The lowest BCUT2D eigenvalue weighted by Crippen LogP contribution is -2.07. The van der Waals surface area contributed by atoms with Gasteiger partial charge in [0, 0.05) is 19.5 Å². The van der Waals surface area contributed by atoms with Crippen molar-refractivity contribution in [1.82, 2.24) is 14.6 Å². The number of aromatic amines is 1. The summed E-state index contributed by atoms with van der Waals surface area (Å²) in [6, 6.07) is 1.71. The van der Waals surface area contributed by atoms with Crippen molar-refractivity contribution in [2.45, 2.75) is 6.61 Å². The summed E-state index contributed by atoms with van der Waals surface area (Å²) in [5.74, 6) is 0. The van der Waals surface area contributed by atoms with E-state index in [0.29, 0.717) is 12.1 Å². The minimum atomic E-state index is -0.141. The van der Waals surface area contributed by atoms with Crippen LogP contribution in [0.2, 0.25) is 0 Å². The summed E-state index contributed by atoms with van der Waals surface area (Å²) in [6.07, 6.45) is 3.24. The van der Waals surface area contributed by atoms with Crippen molar-refractivity contribution in [2.24, 2.45) is 0 Å². The number of fused-ring (bicyclic) bond motifs is 1. The Hall–Kier alpha value is -1.62. The summed E-state index contributed by atoms with van der Waals surface area (Å²) in [4.78, 5) is 13.8. The van der Waals surface area contributed by atoms with Crippen LogP contribution in [-0.2, 0) is 11.3 Å². The molecule has 0 aromatic carbocycles. The predicted molar refractivity (Wildman–Crippen MR) is 46.5 cm³/mol. The molecule has 0 saturated heterocycles. The van der Waals surface area contributed by atoms with Gasteiger partial charge in [-0.3, -0.25) is 4.79 Å². The maximum Gasteiger partial charge on any atom is 0.273 e. The molecular weight excluding hydrogens is 170 g/mol. The Morgan fingerprint density at radius 1 is 1.69 bits per heavy atom. The van der Waals surface area contributed by atoms with Crippen LogP contribution in [0.15, 0.2) is 23.3 Å². The molecule has 0 bridgehead atoms. The largest absolute Gasteiger partial charge is 0.378 e. The molecule has 2 aromatic heterocycles. The lowest BCUT2D eigenvalue weighted by Gasteiger charge is -1.89. The van der Waals surface area contributed by atoms with Crippen LogP contribution in [0.1, 0.15) is 5.69 Å². The first-order valence-electron chi connectivity index (χ1n) is 3.86. The number of hydrogen-bond acceptors (Lipinski definition) is 3. The Morgan fingerprint density at radius 2 is 2.54 bits per heavy atom. The molecule has 0 atom stereocenters. The van der Waals surface area contributed by atoms with Gasteiger partial charge in [0.1, 0.15) is 5.52 Å². The highest BCUT2D eigenvalue weighted by molar-refractivity contribution is 5.44. The van der Waals surface area contributed by atoms with Crippen LogP contribution in [0.5, 0.6) is 0 Å². The van der Waals surface area contributed by atoms with Gasteiger partial charge >= 0.3 is 0 Å². The smallest absolute Gasteiger partial charge is 0.273 e. The van der Waals surface area contributed by atoms with Crippen LogP contribution in [0.3, 0.4) is 0 Å². The zero-order valence-corrected chi connectivity index (χ0v) is 7.15. The van der Waals surface area contributed by atoms with Crippen molar-refractivity contribution in [3.05, 3.63) is 34.5 Å². The summed E-state index contributed by atoms with van der Waals surface area (Å²) in [7, 11) is 1.59. The maximum absolute atomic E-state index is 11.2. The average Bonchev–Trinajstić information content (AvgIpc) is 2.49. The normalized spacial score (nSPS) is 10.8. The zero-order valence-electron chi connectivity index (χ0n) is 7.15. The first-order chi connectivity index (χ1) is 6.31. The summed E-state index contributed by atoms with van der Waals surface area (Å²) in [5.41, 5.74) is 1.14. The van der Waals surface area contributed by atoms with Crippen LogP contribution in [-0.4, -0.2) is 21.7 Å². The fourth-order valence-corrected chi connectivity index (χ4v) is 1.20. The van der Waals surface area contributed by atoms with Crippen molar-refractivity contribution in [1.29, 1.82) is 0 Å². The second-order valence-electron chi connectivity index (χ2n) is 2.69. The molecule has 1 N–H and O–H groups in total. The van der Waals surface area contributed by atoms with Crippen molar-refractivity contribution in [3.63, 3.8) is 0 Å². The van der Waals surface area contributed by atoms with Gasteiger partial charge in [-0.25, -0.2) is 4.52 Å². The molecule has 68 valence electrons. The highest BCUT2D eigenvalue weighted by Crippen LogP contribution is 2.01. The summed E-state index contributed by atoms with van der Waals surface area (Å²) >= 11 is 0. The third-order valence-electron chi connectivity index (χ3n) is 1.74. The van der Waals surface area contributed by atoms with Gasteiger partial charge in [0.15, 0.2) is 0 Å². The Bertz CT molecular complexity index is 471. The first kappa shape index (κ1) is 8.00. The molecule has 0 aliphatic heterocycles. The van der Waals surface area contributed by atoms with Crippen molar-refractivity contribution in [2.75, 3.05) is 7.11 Å². The Morgan fingerprint density at radius 3 is 3.23 bits per heavy atom. The average molecular weight is 179 g/mol. The van der Waals surface area contributed by atoms with Crippen LogP contribution >= 0.6 is 0 Å². The minimum absolute atomic E-state index is 0.141. The lowest BCUT2D eigenvalue weighted by atomic mass is 10.4. The molecule has 5 nitrogen and oxygen atoms in total. The molecule has 13 heavy (non-hydrogen) atoms. The molecule has 0 aliphatic rings. The van der Waals surface area contributed by atoms with E-state index < -0.39 is 0 Å². The Kier molecular flexibility index (Phi) is 1.86. The van der Waals surface area contributed by atoms with Gasteiger partial charge in [0.2, 0.25) is 0 Å². The van der Waals surface area contributed by atoms with Crippen LogP contribution < -0.4 is 5.56 Å². The molecule has 0 amide bonds. The summed E-state index contributed by atoms with van der Waals surface area (Å²) in [6.45, 7) is 0.418. The van der Waals surface area contributed by atoms with Gasteiger partial charge in [-0.15, -0.1) is 0 Å². The number of hydrogen-bond donors (Lipinski definition) is 1. The molecular formula is C8H9N3O2. The SMILES string of the molecule is COCc1cc2c(=O)[nH]ccn2n1. The van der Waals surface area contributed by atoms with Gasteiger partial charge in [-0.1, -0.05) is 0 Å². The van der Waals surface area contributed by atoms with Crippen molar-refractivity contribution < 1.29 is 4.74 Å². The number of H-pyrrole nitrogens is 1. The maximum atomic E-state index is 11.2. The number of rotatable bonds is 2. The number of nitrogens with one attached hydrogen (secondary N) is 1. The zero-order chi connectivity index (χ0) is 9.26. The third-order valence-corrected chi connectivity index (χ3v) is 1.74. The van der Waals surface area contributed by atoms with Gasteiger partial charge in [0.25, 0.3) is 5.56 Å². The summed E-state index contributed by atoms with van der Waals surface area (Å²) in [5, 5.41) is 4.13. The molecule has 0 radical (unpaired) electrons. The van der Waals surface area contributed by atoms with E-state index >= 15 is 0 Å². The highest BCUT2D eigenvalue weighted by atomic mass is 16.5. The molecule has 0 fully saturated rings. The van der Waals surface area contributed by atoms with Crippen molar-refractivity contribution >= 4 is 5.52 Å². The topological polar surface area (TPSA) is 59.4 Å². The predicted octanol–water partition coefficient (Wildman–Crippen LogP) is 0.169. The highest BCUT2D eigenvalue weighted by Gasteiger charge is 2.02. The fourth-order valence-electron chi connectivity index (χ4n) is 1.20. The lowest BCUT2D eigenvalue weighted by molar-refractivity contribution is 0.181. The second-order valence-corrected chi connectivity index (χ2v) is 2.69. The van der Waals surface area contributed by atoms with Gasteiger partial charge in [-0.05, 0) is 6.07 Å². The van der Waals surface area contributed by atoms with E-state index in [2.05, 4.69) is 10.1 Å². The van der Waals surface area contributed by atoms with Crippen LogP contribution in [0.25, 0.3) is 5.52 Å². The monoisotopic (exact) mass is 179 g/mol. The van der Waals surface area contributed by atoms with Crippen LogP contribution in [0, 0.1) is 0 Å². The van der Waals surface area contributed by atoms with E-state index in [1.165, 1.54) is 4.52 Å². The summed E-state index contributed by atoms with van der Waals surface area (Å²) < 4.78 is 6.44. The van der Waals surface area contributed by atoms with Gasteiger partial charge in [0.05, 0.1) is 12.3 Å². The molecule has 2 aromatic rings. The third kappa shape index (κ3) is 1.33. The molecule has 0 aliphatic carbocycles. The van der Waals surface area contributed by atoms with E-state index in [-0.39, 0.29) is 5.56 Å². The molecule has 0 saturated carbocycles. The molecule has 0 spiro atoms. The van der Waals surface area contributed by atoms with E-state index in [1.54, 1.807) is 25.6 Å². The van der Waals surface area contributed by atoms with E-state index in [9.17, 15) is 4.79 Å². The molecule has 2 rings (SSSR count). The Labute approximate surface area is 74.0 Å². The van der Waals surface area contributed by atoms with Gasteiger partial charge < -0.3 is 9.72 Å². The number of ether oxygens (including phenoxy) is 1. The Balaban J connectivity index is 2.62. The number of methoxy groups -OCH3 is 1. The van der Waals surface area contributed by atoms with E-state index in [4.69, 9.17) is 4.74 Å². The second kappa shape index (κ2) is 3.02.